The summed E-state index contributed by atoms with van der Waals surface area (Å²) in [6, 6.07) is 12.5. The van der Waals surface area contributed by atoms with Crippen LogP contribution in [0.5, 0.6) is 0 Å². The molecule has 0 aliphatic rings. The maximum Gasteiger partial charge on any atom is 0.449 e. The second-order valence-corrected chi connectivity index (χ2v) is 5.50. The first-order chi connectivity index (χ1) is 11.3. The first-order valence-corrected chi connectivity index (χ1v) is 7.30. The second-order valence-electron chi connectivity index (χ2n) is 5.07. The van der Waals surface area contributed by atoms with Crippen LogP contribution in [0.25, 0.3) is 11.0 Å². The number of benzene rings is 2. The molecule has 0 aliphatic heterocycles. The number of rotatable bonds is 3. The fourth-order valence-electron chi connectivity index (χ4n) is 2.36. The molecule has 1 amide bonds. The minimum atomic E-state index is -4.66. The van der Waals surface area contributed by atoms with E-state index in [9.17, 15) is 18.0 Å². The number of aromatic nitrogens is 2. The molecule has 0 radical (unpaired) electrons. The zero-order valence-electron chi connectivity index (χ0n) is 12.1. The van der Waals surface area contributed by atoms with Crippen LogP contribution < -0.4 is 5.32 Å². The van der Waals surface area contributed by atoms with E-state index in [0.717, 1.165) is 4.57 Å². The van der Waals surface area contributed by atoms with Crippen molar-refractivity contribution >= 4 is 34.2 Å². The van der Waals surface area contributed by atoms with Gasteiger partial charge in [-0.25, -0.2) is 4.98 Å². The summed E-state index contributed by atoms with van der Waals surface area (Å²) in [4.78, 5) is 15.7. The summed E-state index contributed by atoms with van der Waals surface area (Å²) in [5.74, 6) is -1.71. The van der Waals surface area contributed by atoms with E-state index in [4.69, 9.17) is 11.6 Å². The topological polar surface area (TPSA) is 46.9 Å². The van der Waals surface area contributed by atoms with Gasteiger partial charge in [0.25, 0.3) is 0 Å². The van der Waals surface area contributed by atoms with Crippen LogP contribution in [0.2, 0.25) is 5.02 Å². The number of halogens is 4. The lowest BCUT2D eigenvalue weighted by Crippen LogP contribution is -2.23. The highest BCUT2D eigenvalue weighted by Gasteiger charge is 2.37. The Balaban J connectivity index is 1.92. The predicted octanol–water partition coefficient (Wildman–Crippen LogP) is 4.35. The summed E-state index contributed by atoms with van der Waals surface area (Å²) >= 11 is 5.82. The molecule has 1 aromatic heterocycles. The van der Waals surface area contributed by atoms with Gasteiger partial charge in [-0.1, -0.05) is 29.8 Å². The van der Waals surface area contributed by atoms with Crippen LogP contribution in [-0.2, 0) is 17.5 Å². The van der Waals surface area contributed by atoms with Crippen LogP contribution in [0.4, 0.5) is 18.9 Å². The van der Waals surface area contributed by atoms with Gasteiger partial charge in [0.15, 0.2) is 0 Å². The number of amides is 1. The van der Waals surface area contributed by atoms with Crippen molar-refractivity contribution in [1.29, 1.82) is 0 Å². The molecule has 0 saturated carbocycles. The molecule has 2 aromatic carbocycles. The SMILES string of the molecule is O=C(Cn1c(C(F)(F)F)nc2ccccc21)Nc1cccc(Cl)c1. The van der Waals surface area contributed by atoms with E-state index in [2.05, 4.69) is 10.3 Å². The molecule has 0 atom stereocenters. The van der Waals surface area contributed by atoms with Crippen LogP contribution in [0.3, 0.4) is 0 Å². The average Bonchev–Trinajstić information content (AvgIpc) is 2.86. The maximum absolute atomic E-state index is 13.2. The van der Waals surface area contributed by atoms with Crippen molar-refractivity contribution < 1.29 is 18.0 Å². The summed E-state index contributed by atoms with van der Waals surface area (Å²) in [5, 5.41) is 2.94. The Morgan fingerprint density at radius 2 is 1.92 bits per heavy atom. The van der Waals surface area contributed by atoms with E-state index < -0.39 is 24.5 Å². The fourth-order valence-corrected chi connectivity index (χ4v) is 2.55. The third-order valence-corrected chi connectivity index (χ3v) is 3.55. The number of anilines is 1. The molecule has 1 heterocycles. The molecule has 4 nitrogen and oxygen atoms in total. The second kappa shape index (κ2) is 6.16. The number of alkyl halides is 3. The molecule has 24 heavy (non-hydrogen) atoms. The van der Waals surface area contributed by atoms with Gasteiger partial charge in [0, 0.05) is 10.7 Å². The molecule has 3 aromatic rings. The summed E-state index contributed by atoms with van der Waals surface area (Å²) in [6.07, 6.45) is -4.66. The zero-order chi connectivity index (χ0) is 17.3. The molecule has 0 unspecified atom stereocenters. The lowest BCUT2D eigenvalue weighted by atomic mass is 10.3. The minimum Gasteiger partial charge on any atom is -0.324 e. The van der Waals surface area contributed by atoms with Gasteiger partial charge < -0.3 is 9.88 Å². The van der Waals surface area contributed by atoms with E-state index >= 15 is 0 Å². The van der Waals surface area contributed by atoms with Crippen molar-refractivity contribution in [3.63, 3.8) is 0 Å². The number of imidazole rings is 1. The quantitative estimate of drug-likeness (QED) is 0.761. The molecule has 3 rings (SSSR count). The molecule has 1 N–H and O–H groups in total. The van der Waals surface area contributed by atoms with Crippen molar-refractivity contribution in [1.82, 2.24) is 9.55 Å². The van der Waals surface area contributed by atoms with Gasteiger partial charge >= 0.3 is 6.18 Å². The number of para-hydroxylation sites is 2. The van der Waals surface area contributed by atoms with E-state index in [0.29, 0.717) is 10.7 Å². The highest BCUT2D eigenvalue weighted by Crippen LogP contribution is 2.31. The monoisotopic (exact) mass is 353 g/mol. The third-order valence-electron chi connectivity index (χ3n) is 3.32. The van der Waals surface area contributed by atoms with Gasteiger partial charge in [-0.05, 0) is 30.3 Å². The van der Waals surface area contributed by atoms with Crippen molar-refractivity contribution in [3.8, 4) is 0 Å². The largest absolute Gasteiger partial charge is 0.449 e. The van der Waals surface area contributed by atoms with Gasteiger partial charge in [-0.15, -0.1) is 0 Å². The van der Waals surface area contributed by atoms with Gasteiger partial charge in [-0.2, -0.15) is 13.2 Å². The summed E-state index contributed by atoms with van der Waals surface area (Å²) in [6.45, 7) is -0.512. The van der Waals surface area contributed by atoms with E-state index in [-0.39, 0.29) is 11.0 Å². The lowest BCUT2D eigenvalue weighted by molar-refractivity contribution is -0.147. The molecule has 0 fully saturated rings. The Kier molecular flexibility index (Phi) is 4.19. The van der Waals surface area contributed by atoms with Crippen LogP contribution in [-0.4, -0.2) is 15.5 Å². The van der Waals surface area contributed by atoms with E-state index in [1.165, 1.54) is 18.2 Å². The van der Waals surface area contributed by atoms with Gasteiger partial charge in [0.1, 0.15) is 6.54 Å². The summed E-state index contributed by atoms with van der Waals surface area (Å²) < 4.78 is 40.4. The molecular weight excluding hydrogens is 343 g/mol. The fraction of sp³-hybridized carbons (Fsp3) is 0.125. The standard InChI is InChI=1S/C16H11ClF3N3O/c17-10-4-3-5-11(8-10)21-14(24)9-23-13-7-2-1-6-12(13)22-15(23)16(18,19)20/h1-8H,9H2,(H,21,24). The molecule has 0 spiro atoms. The predicted molar refractivity (Wildman–Crippen MR) is 84.8 cm³/mol. The molecular formula is C16H11ClF3N3O. The molecule has 0 bridgehead atoms. The average molecular weight is 354 g/mol. The first kappa shape index (κ1) is 16.3. The van der Waals surface area contributed by atoms with Crippen LogP contribution in [0.1, 0.15) is 5.82 Å². The molecule has 124 valence electrons. The van der Waals surface area contributed by atoms with Crippen LogP contribution >= 0.6 is 11.6 Å². The van der Waals surface area contributed by atoms with Crippen molar-refractivity contribution in [2.24, 2.45) is 0 Å². The Morgan fingerprint density at radius 1 is 1.17 bits per heavy atom. The highest BCUT2D eigenvalue weighted by molar-refractivity contribution is 6.30. The number of nitrogens with one attached hydrogen (secondary N) is 1. The lowest BCUT2D eigenvalue weighted by Gasteiger charge is -2.11. The zero-order valence-corrected chi connectivity index (χ0v) is 12.9. The van der Waals surface area contributed by atoms with Gasteiger partial charge in [-0.3, -0.25) is 4.79 Å². The number of nitrogens with zero attached hydrogens (tertiary/aromatic N) is 2. The molecule has 8 heteroatoms. The number of hydrogen-bond donors (Lipinski definition) is 1. The number of hydrogen-bond acceptors (Lipinski definition) is 2. The van der Waals surface area contributed by atoms with E-state index in [1.807, 2.05) is 0 Å². The Bertz CT molecular complexity index is 905. The van der Waals surface area contributed by atoms with Crippen molar-refractivity contribution in [2.75, 3.05) is 5.32 Å². The normalized spacial score (nSPS) is 11.7. The van der Waals surface area contributed by atoms with Crippen molar-refractivity contribution in [2.45, 2.75) is 12.7 Å². The van der Waals surface area contributed by atoms with Crippen molar-refractivity contribution in [3.05, 3.63) is 59.4 Å². The first-order valence-electron chi connectivity index (χ1n) is 6.92. The van der Waals surface area contributed by atoms with E-state index in [1.54, 1.807) is 30.3 Å². The summed E-state index contributed by atoms with van der Waals surface area (Å²) in [5.41, 5.74) is 0.830. The van der Waals surface area contributed by atoms with Crippen LogP contribution in [0.15, 0.2) is 48.5 Å². The maximum atomic E-state index is 13.2. The number of carbonyl (C=O) groups is 1. The Hall–Kier alpha value is -2.54. The smallest absolute Gasteiger partial charge is 0.324 e. The van der Waals surface area contributed by atoms with Gasteiger partial charge in [0.05, 0.1) is 11.0 Å². The Morgan fingerprint density at radius 3 is 2.62 bits per heavy atom. The number of fused-ring (bicyclic) bond motifs is 1. The highest BCUT2D eigenvalue weighted by atomic mass is 35.5. The molecule has 0 saturated heterocycles. The number of carbonyl (C=O) groups excluding carboxylic acids is 1. The minimum absolute atomic E-state index is 0.181. The van der Waals surface area contributed by atoms with Gasteiger partial charge in [0.2, 0.25) is 11.7 Å². The van der Waals surface area contributed by atoms with Crippen LogP contribution in [0, 0.1) is 0 Å². The Labute approximate surface area is 139 Å². The summed E-state index contributed by atoms with van der Waals surface area (Å²) in [7, 11) is 0. The third kappa shape index (κ3) is 3.35. The molecule has 0 aliphatic carbocycles.